The lowest BCUT2D eigenvalue weighted by Gasteiger charge is -2.20. The molecule has 1 aromatic carbocycles. The van der Waals surface area contributed by atoms with Crippen molar-refractivity contribution in [2.75, 3.05) is 31.0 Å². The third-order valence-corrected chi connectivity index (χ3v) is 5.09. The zero-order valence-electron chi connectivity index (χ0n) is 18.4. The van der Waals surface area contributed by atoms with Gasteiger partial charge >= 0.3 is 6.09 Å². The minimum absolute atomic E-state index is 0.113. The molecule has 2 amide bonds. The van der Waals surface area contributed by atoms with E-state index in [2.05, 4.69) is 20.0 Å². The molecule has 3 aromatic heterocycles. The van der Waals surface area contributed by atoms with E-state index in [4.69, 9.17) is 4.74 Å². The van der Waals surface area contributed by atoms with Crippen LogP contribution in [-0.2, 0) is 4.74 Å². The Labute approximate surface area is 195 Å². The summed E-state index contributed by atoms with van der Waals surface area (Å²) in [5, 5.41) is 11.8. The number of methoxy groups -OCH3 is 2. The van der Waals surface area contributed by atoms with Crippen molar-refractivity contribution < 1.29 is 19.1 Å². The number of hydrogen-bond acceptors (Lipinski definition) is 7. The molecule has 10 heteroatoms. The van der Waals surface area contributed by atoms with Crippen molar-refractivity contribution in [1.82, 2.24) is 14.4 Å². The van der Waals surface area contributed by atoms with Crippen LogP contribution in [0.15, 0.2) is 67.1 Å². The fourth-order valence-electron chi connectivity index (χ4n) is 3.36. The van der Waals surface area contributed by atoms with Gasteiger partial charge in [-0.25, -0.2) is 14.8 Å². The molecule has 170 valence electrons. The van der Waals surface area contributed by atoms with E-state index < -0.39 is 6.09 Å². The molecular formula is C24H20N6O4. The Morgan fingerprint density at radius 3 is 2.50 bits per heavy atom. The van der Waals surface area contributed by atoms with E-state index in [1.807, 2.05) is 6.07 Å². The highest BCUT2D eigenvalue weighted by Crippen LogP contribution is 2.24. The van der Waals surface area contributed by atoms with Gasteiger partial charge in [-0.15, -0.1) is 0 Å². The molecular weight excluding hydrogens is 436 g/mol. The van der Waals surface area contributed by atoms with Crippen LogP contribution in [0.2, 0.25) is 0 Å². The van der Waals surface area contributed by atoms with Gasteiger partial charge in [-0.3, -0.25) is 19.4 Å². The van der Waals surface area contributed by atoms with Crippen LogP contribution >= 0.6 is 0 Å². The van der Waals surface area contributed by atoms with Gasteiger partial charge in [0.2, 0.25) is 0 Å². The Balaban J connectivity index is 1.66. The normalized spacial score (nSPS) is 10.4. The minimum Gasteiger partial charge on any atom is -0.497 e. The molecule has 0 bridgehead atoms. The highest BCUT2D eigenvalue weighted by Gasteiger charge is 2.19. The van der Waals surface area contributed by atoms with E-state index in [0.717, 1.165) is 5.56 Å². The van der Waals surface area contributed by atoms with Crippen LogP contribution in [0.3, 0.4) is 0 Å². The second-order valence-electron chi connectivity index (χ2n) is 7.09. The molecule has 0 radical (unpaired) electrons. The Hall–Kier alpha value is -4.91. The summed E-state index contributed by atoms with van der Waals surface area (Å²) in [5.74, 6) is 0.662. The van der Waals surface area contributed by atoms with Crippen LogP contribution in [0.25, 0.3) is 16.9 Å². The highest BCUT2D eigenvalue weighted by atomic mass is 16.5. The summed E-state index contributed by atoms with van der Waals surface area (Å²) < 4.78 is 11.5. The maximum absolute atomic E-state index is 13.3. The van der Waals surface area contributed by atoms with Crippen molar-refractivity contribution in [3.63, 3.8) is 0 Å². The molecule has 1 N–H and O–H groups in total. The molecule has 0 fully saturated rings. The zero-order chi connectivity index (χ0) is 24.1. The van der Waals surface area contributed by atoms with Crippen molar-refractivity contribution >= 4 is 29.2 Å². The summed E-state index contributed by atoms with van der Waals surface area (Å²) in [7, 11) is 2.83. The van der Waals surface area contributed by atoms with E-state index in [1.54, 1.807) is 78.6 Å². The van der Waals surface area contributed by atoms with Crippen LogP contribution in [0.1, 0.15) is 10.4 Å². The number of nitrogens with zero attached hydrogens (tertiary/aromatic N) is 5. The fraction of sp³-hybridized carbons (Fsp3) is 0.125. The Bertz CT molecular complexity index is 1370. The number of amides is 2. The fourth-order valence-corrected chi connectivity index (χ4v) is 3.36. The average Bonchev–Trinajstić information content (AvgIpc) is 3.30. The molecule has 0 saturated heterocycles. The summed E-state index contributed by atoms with van der Waals surface area (Å²) in [6, 6.07) is 15.8. The smallest absolute Gasteiger partial charge is 0.412 e. The first-order valence-electron chi connectivity index (χ1n) is 10.2. The lowest BCUT2D eigenvalue weighted by atomic mass is 10.2. The molecule has 3 heterocycles. The van der Waals surface area contributed by atoms with Gasteiger partial charge in [0.15, 0.2) is 0 Å². The first-order chi connectivity index (χ1) is 16.5. The number of carbonyl (C=O) groups excluding carboxylic acids is 2. The number of anilines is 2. The zero-order valence-corrected chi connectivity index (χ0v) is 18.4. The number of fused-ring (bicyclic) bond motifs is 1. The number of carbonyl (C=O) groups is 2. The number of rotatable bonds is 6. The van der Waals surface area contributed by atoms with Crippen molar-refractivity contribution in [1.29, 1.82) is 5.26 Å². The summed E-state index contributed by atoms with van der Waals surface area (Å²) in [6.07, 6.45) is 4.32. The first-order valence-corrected chi connectivity index (χ1v) is 10.2. The summed E-state index contributed by atoms with van der Waals surface area (Å²) in [4.78, 5) is 34.7. The summed E-state index contributed by atoms with van der Waals surface area (Å²) in [6.45, 7) is -0.113. The number of aromatic nitrogens is 3. The van der Waals surface area contributed by atoms with Gasteiger partial charge in [0.25, 0.3) is 5.91 Å². The molecule has 0 spiro atoms. The van der Waals surface area contributed by atoms with Crippen LogP contribution in [0.5, 0.6) is 5.75 Å². The van der Waals surface area contributed by atoms with Crippen molar-refractivity contribution in [3.8, 4) is 23.1 Å². The van der Waals surface area contributed by atoms with Gasteiger partial charge < -0.3 is 9.47 Å². The van der Waals surface area contributed by atoms with Gasteiger partial charge in [-0.1, -0.05) is 0 Å². The van der Waals surface area contributed by atoms with Gasteiger partial charge in [0, 0.05) is 23.6 Å². The van der Waals surface area contributed by atoms with Gasteiger partial charge in [-0.2, -0.15) is 5.26 Å². The maximum Gasteiger partial charge on any atom is 0.412 e. The number of imidazole rings is 1. The van der Waals surface area contributed by atoms with Crippen LogP contribution in [0, 0.1) is 11.3 Å². The molecule has 34 heavy (non-hydrogen) atoms. The van der Waals surface area contributed by atoms with E-state index >= 15 is 0 Å². The van der Waals surface area contributed by atoms with Gasteiger partial charge in [0.05, 0.1) is 37.7 Å². The average molecular weight is 456 g/mol. The predicted octanol–water partition coefficient (Wildman–Crippen LogP) is 3.75. The molecule has 0 saturated carbocycles. The van der Waals surface area contributed by atoms with Gasteiger partial charge in [-0.05, 0) is 48.5 Å². The van der Waals surface area contributed by atoms with Crippen LogP contribution < -0.4 is 15.0 Å². The molecule has 4 rings (SSSR count). The monoisotopic (exact) mass is 456 g/mol. The molecule has 0 aliphatic rings. The Morgan fingerprint density at radius 2 is 1.85 bits per heavy atom. The van der Waals surface area contributed by atoms with E-state index in [1.165, 1.54) is 12.0 Å². The second-order valence-corrected chi connectivity index (χ2v) is 7.09. The number of benzene rings is 1. The predicted molar refractivity (Wildman–Crippen MR) is 125 cm³/mol. The van der Waals surface area contributed by atoms with E-state index in [0.29, 0.717) is 34.2 Å². The van der Waals surface area contributed by atoms with Crippen molar-refractivity contribution in [2.24, 2.45) is 0 Å². The number of ether oxygens (including phenoxy) is 2. The van der Waals surface area contributed by atoms with Crippen LogP contribution in [0.4, 0.5) is 16.3 Å². The topological polar surface area (TPSA) is 122 Å². The highest BCUT2D eigenvalue weighted by molar-refractivity contribution is 6.06. The van der Waals surface area contributed by atoms with E-state index in [-0.39, 0.29) is 12.5 Å². The van der Waals surface area contributed by atoms with Crippen molar-refractivity contribution in [3.05, 3.63) is 72.7 Å². The summed E-state index contributed by atoms with van der Waals surface area (Å²) >= 11 is 0. The lowest BCUT2D eigenvalue weighted by Crippen LogP contribution is -2.31. The minimum atomic E-state index is -0.614. The van der Waals surface area contributed by atoms with E-state index in [9.17, 15) is 14.9 Å². The SMILES string of the molecule is COC(=O)Nc1ccc(-c2cnc3ccc(C(=O)N(CC#N)c4ccc(OC)cc4)cn23)cn1. The largest absolute Gasteiger partial charge is 0.497 e. The summed E-state index contributed by atoms with van der Waals surface area (Å²) in [5.41, 5.74) is 3.04. The number of hydrogen-bond donors (Lipinski definition) is 1. The molecule has 0 unspecified atom stereocenters. The number of nitriles is 1. The van der Waals surface area contributed by atoms with Crippen molar-refractivity contribution in [2.45, 2.75) is 0 Å². The Morgan fingerprint density at radius 1 is 1.06 bits per heavy atom. The third kappa shape index (κ3) is 4.49. The second kappa shape index (κ2) is 9.70. The number of pyridine rings is 2. The lowest BCUT2D eigenvalue weighted by molar-refractivity contribution is 0.0989. The van der Waals surface area contributed by atoms with Gasteiger partial charge in [0.1, 0.15) is 23.8 Å². The van der Waals surface area contributed by atoms with Crippen LogP contribution in [-0.4, -0.2) is 47.1 Å². The molecule has 10 nitrogen and oxygen atoms in total. The standard InChI is InChI=1S/C24H20N6O4/c1-33-19-7-5-18(6-8-19)29(12-11-25)23(31)17-4-10-22-27-14-20(30(22)15-17)16-3-9-21(26-13-16)28-24(32)34-2/h3-10,13-15H,12H2,1-2H3,(H,26,28,32). The maximum atomic E-state index is 13.3. The molecule has 0 aliphatic heterocycles. The molecule has 0 atom stereocenters. The third-order valence-electron chi connectivity index (χ3n) is 5.09. The Kier molecular flexibility index (Phi) is 6.36. The molecule has 0 aliphatic carbocycles. The molecule has 4 aromatic rings. The number of nitrogens with one attached hydrogen (secondary N) is 1. The first kappa shape index (κ1) is 22.3. The quantitative estimate of drug-likeness (QED) is 0.439.